The Hall–Kier alpha value is -2.11. The summed E-state index contributed by atoms with van der Waals surface area (Å²) < 4.78 is 7.24. The van der Waals surface area contributed by atoms with E-state index in [0.29, 0.717) is 12.2 Å². The lowest BCUT2D eigenvalue weighted by Gasteiger charge is -2.16. The molecule has 0 aliphatic carbocycles. The Morgan fingerprint density at radius 1 is 1.41 bits per heavy atom. The normalized spacial score (nSPS) is 18.1. The number of aryl methyl sites for hydroxylation is 3. The molecule has 0 radical (unpaired) electrons. The second-order valence-corrected chi connectivity index (χ2v) is 5.99. The smallest absolute Gasteiger partial charge is 0.276 e. The van der Waals surface area contributed by atoms with E-state index in [-0.39, 0.29) is 11.9 Å². The van der Waals surface area contributed by atoms with E-state index in [2.05, 4.69) is 30.2 Å². The zero-order chi connectivity index (χ0) is 15.7. The number of carbonyl (C=O) groups excluding carboxylic acids is 1. The summed E-state index contributed by atoms with van der Waals surface area (Å²) in [6, 6.07) is 4.08. The molecule has 1 atom stereocenters. The fourth-order valence-corrected chi connectivity index (χ4v) is 3.08. The Morgan fingerprint density at radius 2 is 2.23 bits per heavy atom. The van der Waals surface area contributed by atoms with E-state index in [1.807, 2.05) is 16.5 Å². The largest absolute Gasteiger partial charge is 0.361 e. The summed E-state index contributed by atoms with van der Waals surface area (Å²) in [4.78, 5) is 14.3. The first-order chi connectivity index (χ1) is 10.6. The molecule has 2 aromatic rings. The van der Waals surface area contributed by atoms with Gasteiger partial charge in [0, 0.05) is 31.3 Å². The van der Waals surface area contributed by atoms with Gasteiger partial charge >= 0.3 is 0 Å². The predicted molar refractivity (Wildman–Crippen MR) is 81.8 cm³/mol. The number of nitrogens with zero attached hydrogens (tertiary/aromatic N) is 4. The third-order valence-corrected chi connectivity index (χ3v) is 4.12. The van der Waals surface area contributed by atoms with Crippen LogP contribution in [-0.4, -0.2) is 38.8 Å². The van der Waals surface area contributed by atoms with Gasteiger partial charge in [0.25, 0.3) is 5.91 Å². The summed E-state index contributed by atoms with van der Waals surface area (Å²) in [6.45, 7) is 7.53. The van der Waals surface area contributed by atoms with Gasteiger partial charge in [0.05, 0.1) is 11.7 Å². The van der Waals surface area contributed by atoms with E-state index >= 15 is 0 Å². The topological polar surface area (TPSA) is 64.2 Å². The molecule has 1 saturated heterocycles. The van der Waals surface area contributed by atoms with Crippen molar-refractivity contribution >= 4 is 5.91 Å². The highest BCUT2D eigenvalue weighted by Gasteiger charge is 2.30. The molecule has 1 fully saturated rings. The highest BCUT2D eigenvalue weighted by atomic mass is 16.5. The molecular formula is C16H22N4O2. The lowest BCUT2D eigenvalue weighted by molar-refractivity contribution is 0.0776. The number of carbonyl (C=O) groups is 1. The number of hydrogen-bond acceptors (Lipinski definition) is 4. The van der Waals surface area contributed by atoms with Gasteiger partial charge in [0.2, 0.25) is 0 Å². The SMILES string of the molecule is CCCc1cc(C(=O)N2CCC(n3nc(C)cc3C)C2)no1. The van der Waals surface area contributed by atoms with Crippen molar-refractivity contribution in [2.75, 3.05) is 13.1 Å². The molecule has 0 bridgehead atoms. The fraction of sp³-hybridized carbons (Fsp3) is 0.562. The number of amides is 1. The molecular weight excluding hydrogens is 280 g/mol. The van der Waals surface area contributed by atoms with Gasteiger partial charge in [-0.3, -0.25) is 9.48 Å². The third-order valence-electron chi connectivity index (χ3n) is 4.12. The van der Waals surface area contributed by atoms with Crippen molar-refractivity contribution < 1.29 is 9.32 Å². The van der Waals surface area contributed by atoms with E-state index in [0.717, 1.165) is 43.0 Å². The molecule has 2 aromatic heterocycles. The van der Waals surface area contributed by atoms with Crippen LogP contribution in [0.5, 0.6) is 0 Å². The van der Waals surface area contributed by atoms with Crippen molar-refractivity contribution in [2.45, 2.75) is 46.1 Å². The van der Waals surface area contributed by atoms with Gasteiger partial charge in [-0.05, 0) is 32.8 Å². The summed E-state index contributed by atoms with van der Waals surface area (Å²) in [5, 5.41) is 8.44. The summed E-state index contributed by atoms with van der Waals surface area (Å²) >= 11 is 0. The van der Waals surface area contributed by atoms with Crippen molar-refractivity contribution in [1.82, 2.24) is 19.8 Å². The second-order valence-electron chi connectivity index (χ2n) is 5.99. The molecule has 22 heavy (non-hydrogen) atoms. The maximum absolute atomic E-state index is 12.5. The van der Waals surface area contributed by atoms with Crippen LogP contribution in [0, 0.1) is 13.8 Å². The monoisotopic (exact) mass is 302 g/mol. The van der Waals surface area contributed by atoms with E-state index in [4.69, 9.17) is 4.52 Å². The van der Waals surface area contributed by atoms with Crippen molar-refractivity contribution in [3.8, 4) is 0 Å². The van der Waals surface area contributed by atoms with Crippen LogP contribution in [0.3, 0.4) is 0 Å². The van der Waals surface area contributed by atoms with Gasteiger partial charge in [0.1, 0.15) is 5.76 Å². The molecule has 0 aromatic carbocycles. The minimum absolute atomic E-state index is 0.0462. The first kappa shape index (κ1) is 14.8. The molecule has 118 valence electrons. The van der Waals surface area contributed by atoms with Crippen LogP contribution in [0.2, 0.25) is 0 Å². The highest BCUT2D eigenvalue weighted by Crippen LogP contribution is 2.24. The first-order valence-electron chi connectivity index (χ1n) is 7.86. The van der Waals surface area contributed by atoms with E-state index in [1.54, 1.807) is 6.07 Å². The average molecular weight is 302 g/mol. The van der Waals surface area contributed by atoms with Crippen LogP contribution < -0.4 is 0 Å². The summed E-state index contributed by atoms with van der Waals surface area (Å²) in [6.07, 6.45) is 2.72. The summed E-state index contributed by atoms with van der Waals surface area (Å²) in [5.74, 6) is 0.732. The van der Waals surface area contributed by atoms with E-state index < -0.39 is 0 Å². The van der Waals surface area contributed by atoms with Gasteiger partial charge < -0.3 is 9.42 Å². The molecule has 0 saturated carbocycles. The fourth-order valence-electron chi connectivity index (χ4n) is 3.08. The Bertz CT molecular complexity index is 673. The minimum Gasteiger partial charge on any atom is -0.361 e. The molecule has 1 amide bonds. The highest BCUT2D eigenvalue weighted by molar-refractivity contribution is 5.92. The van der Waals surface area contributed by atoms with Crippen LogP contribution in [0.15, 0.2) is 16.7 Å². The van der Waals surface area contributed by atoms with E-state index in [9.17, 15) is 4.79 Å². The van der Waals surface area contributed by atoms with Crippen LogP contribution in [0.25, 0.3) is 0 Å². The Morgan fingerprint density at radius 3 is 2.91 bits per heavy atom. The number of likely N-dealkylation sites (tertiary alicyclic amines) is 1. The second kappa shape index (κ2) is 5.94. The van der Waals surface area contributed by atoms with Crippen molar-refractivity contribution in [1.29, 1.82) is 0 Å². The van der Waals surface area contributed by atoms with Gasteiger partial charge in [-0.2, -0.15) is 5.10 Å². The molecule has 3 rings (SSSR count). The molecule has 6 nitrogen and oxygen atoms in total. The molecule has 6 heteroatoms. The molecule has 1 aliphatic rings. The maximum Gasteiger partial charge on any atom is 0.276 e. The van der Waals surface area contributed by atoms with E-state index in [1.165, 1.54) is 0 Å². The average Bonchev–Trinajstić information content (AvgIpc) is 3.18. The first-order valence-corrected chi connectivity index (χ1v) is 7.86. The van der Waals surface area contributed by atoms with Gasteiger partial charge in [0.15, 0.2) is 5.69 Å². The minimum atomic E-state index is -0.0462. The number of hydrogen-bond donors (Lipinski definition) is 0. The van der Waals surface area contributed by atoms with Crippen LogP contribution in [-0.2, 0) is 6.42 Å². The Balaban J connectivity index is 1.69. The zero-order valence-corrected chi connectivity index (χ0v) is 13.4. The molecule has 0 spiro atoms. The zero-order valence-electron chi connectivity index (χ0n) is 13.4. The molecule has 0 N–H and O–H groups in total. The van der Waals surface area contributed by atoms with Crippen LogP contribution in [0.1, 0.15) is 53.4 Å². The lowest BCUT2D eigenvalue weighted by Crippen LogP contribution is -2.29. The van der Waals surface area contributed by atoms with Crippen molar-refractivity contribution in [3.63, 3.8) is 0 Å². The standard InChI is InChI=1S/C16H22N4O2/c1-4-5-14-9-15(18-22-14)16(21)19-7-6-13(10-19)20-12(3)8-11(2)17-20/h8-9,13H,4-7,10H2,1-3H3. The van der Waals surface area contributed by atoms with Crippen LogP contribution in [0.4, 0.5) is 0 Å². The number of aromatic nitrogens is 3. The summed E-state index contributed by atoms with van der Waals surface area (Å²) in [7, 11) is 0. The Kier molecular flexibility index (Phi) is 4.00. The molecule has 1 unspecified atom stereocenters. The van der Waals surface area contributed by atoms with Crippen molar-refractivity contribution in [2.24, 2.45) is 0 Å². The molecule has 3 heterocycles. The molecule has 1 aliphatic heterocycles. The maximum atomic E-state index is 12.5. The Labute approximate surface area is 130 Å². The van der Waals surface area contributed by atoms with Crippen molar-refractivity contribution in [3.05, 3.63) is 35.0 Å². The summed E-state index contributed by atoms with van der Waals surface area (Å²) in [5.41, 5.74) is 2.57. The number of rotatable bonds is 4. The van der Waals surface area contributed by atoms with Crippen LogP contribution >= 0.6 is 0 Å². The quantitative estimate of drug-likeness (QED) is 0.870. The predicted octanol–water partition coefficient (Wildman–Crippen LogP) is 2.53. The van der Waals surface area contributed by atoms with Gasteiger partial charge in [-0.1, -0.05) is 12.1 Å². The van der Waals surface area contributed by atoms with Gasteiger partial charge in [-0.25, -0.2) is 0 Å². The third kappa shape index (κ3) is 2.77. The lowest BCUT2D eigenvalue weighted by atomic mass is 10.2. The van der Waals surface area contributed by atoms with Gasteiger partial charge in [-0.15, -0.1) is 0 Å².